The number of carbonyl (C=O) groups is 1. The van der Waals surface area contributed by atoms with E-state index in [-0.39, 0.29) is 5.91 Å². The molecule has 1 N–H and O–H groups in total. The summed E-state index contributed by atoms with van der Waals surface area (Å²) in [7, 11) is 0. The number of anilines is 1. The summed E-state index contributed by atoms with van der Waals surface area (Å²) < 4.78 is 0.852. The van der Waals surface area contributed by atoms with Crippen LogP contribution in [0.15, 0.2) is 34.8 Å². The van der Waals surface area contributed by atoms with Crippen LogP contribution in [0, 0.1) is 0 Å². The molecule has 1 atom stereocenters. The van der Waals surface area contributed by atoms with Gasteiger partial charge in [-0.3, -0.25) is 4.79 Å². The van der Waals surface area contributed by atoms with E-state index < -0.39 is 5.38 Å². The quantitative estimate of drug-likeness (QED) is 0.650. The minimum absolute atomic E-state index is 0.0326. The van der Waals surface area contributed by atoms with Crippen LogP contribution in [0.3, 0.4) is 0 Å². The van der Waals surface area contributed by atoms with Crippen LogP contribution < -0.4 is 5.32 Å². The van der Waals surface area contributed by atoms with Crippen molar-refractivity contribution >= 4 is 62.3 Å². The van der Waals surface area contributed by atoms with E-state index in [0.29, 0.717) is 16.5 Å². The van der Waals surface area contributed by atoms with Crippen LogP contribution >= 0.6 is 50.7 Å². The maximum atomic E-state index is 11.4. The van der Waals surface area contributed by atoms with Gasteiger partial charge in [0.25, 0.3) is 0 Å². The van der Waals surface area contributed by atoms with Gasteiger partial charge in [0.2, 0.25) is 5.91 Å². The van der Waals surface area contributed by atoms with Crippen LogP contribution in [0.1, 0.15) is 22.1 Å². The van der Waals surface area contributed by atoms with Crippen molar-refractivity contribution in [2.45, 2.75) is 11.8 Å². The molecular weight excluding hydrogens is 396 g/mol. The minimum Gasteiger partial charge on any atom is -0.325 e. The predicted octanol–water partition coefficient (Wildman–Crippen LogP) is 5.58. The second kappa shape index (κ2) is 5.81. The molecular formula is C15H9BrCl3NO. The van der Waals surface area contributed by atoms with Crippen LogP contribution in [-0.4, -0.2) is 5.91 Å². The molecule has 1 amide bonds. The molecule has 1 aliphatic rings. The Labute approximate surface area is 145 Å². The molecule has 0 saturated carbocycles. The Morgan fingerprint density at radius 1 is 1.14 bits per heavy atom. The highest BCUT2D eigenvalue weighted by molar-refractivity contribution is 9.10. The molecule has 108 valence electrons. The number of amides is 1. The predicted molar refractivity (Wildman–Crippen MR) is 90.6 cm³/mol. The monoisotopic (exact) mass is 403 g/mol. The molecule has 1 unspecified atom stereocenters. The molecule has 0 aromatic heterocycles. The Bertz CT molecular complexity index is 728. The highest BCUT2D eigenvalue weighted by Gasteiger charge is 2.23. The summed E-state index contributed by atoms with van der Waals surface area (Å²) in [5.41, 5.74) is 3.27. The molecule has 0 saturated heterocycles. The van der Waals surface area contributed by atoms with E-state index >= 15 is 0 Å². The number of alkyl halides is 1. The highest BCUT2D eigenvalue weighted by atomic mass is 79.9. The van der Waals surface area contributed by atoms with Gasteiger partial charge >= 0.3 is 0 Å². The van der Waals surface area contributed by atoms with Crippen molar-refractivity contribution in [2.24, 2.45) is 0 Å². The van der Waals surface area contributed by atoms with Gasteiger partial charge in [-0.25, -0.2) is 0 Å². The molecule has 21 heavy (non-hydrogen) atoms. The van der Waals surface area contributed by atoms with Crippen molar-refractivity contribution in [1.82, 2.24) is 0 Å². The van der Waals surface area contributed by atoms with E-state index in [1.807, 2.05) is 12.1 Å². The lowest BCUT2D eigenvalue weighted by atomic mass is 10.0. The molecule has 2 aromatic rings. The van der Waals surface area contributed by atoms with E-state index in [2.05, 4.69) is 21.2 Å². The second-order valence-corrected chi connectivity index (χ2v) is 7.02. The first-order valence-corrected chi connectivity index (χ1v) is 8.15. The lowest BCUT2D eigenvalue weighted by molar-refractivity contribution is -0.115. The standard InChI is InChI=1S/C15H9BrCl3NO/c16-9-1-8(2-10(17)5-9)15(19)11-3-7-4-14(21)20-13(7)6-12(11)18/h1-3,5-6,15H,4H2,(H,20,21). The molecule has 0 aliphatic carbocycles. The Hall–Kier alpha value is -0.740. The zero-order valence-electron chi connectivity index (χ0n) is 10.6. The Balaban J connectivity index is 2.04. The van der Waals surface area contributed by atoms with Gasteiger partial charge in [0.15, 0.2) is 0 Å². The number of benzene rings is 2. The van der Waals surface area contributed by atoms with E-state index in [1.165, 1.54) is 0 Å². The smallest absolute Gasteiger partial charge is 0.228 e. The maximum absolute atomic E-state index is 11.4. The number of rotatable bonds is 2. The van der Waals surface area contributed by atoms with Crippen LogP contribution in [0.4, 0.5) is 5.69 Å². The lowest BCUT2D eigenvalue weighted by Crippen LogP contribution is -2.03. The Morgan fingerprint density at radius 2 is 1.90 bits per heavy atom. The number of halogens is 4. The van der Waals surface area contributed by atoms with Crippen LogP contribution in [0.5, 0.6) is 0 Å². The topological polar surface area (TPSA) is 29.1 Å². The molecule has 2 aromatic carbocycles. The summed E-state index contributed by atoms with van der Waals surface area (Å²) in [4.78, 5) is 11.4. The van der Waals surface area contributed by atoms with Crippen molar-refractivity contribution in [1.29, 1.82) is 0 Å². The third-order valence-electron chi connectivity index (χ3n) is 3.30. The zero-order chi connectivity index (χ0) is 15.1. The average Bonchev–Trinajstić information content (AvgIpc) is 2.75. The Kier molecular flexibility index (Phi) is 4.19. The molecule has 3 rings (SSSR count). The fraction of sp³-hybridized carbons (Fsp3) is 0.133. The van der Waals surface area contributed by atoms with E-state index in [4.69, 9.17) is 34.8 Å². The van der Waals surface area contributed by atoms with Gasteiger partial charge in [-0.1, -0.05) is 39.1 Å². The largest absolute Gasteiger partial charge is 0.325 e. The van der Waals surface area contributed by atoms with Gasteiger partial charge in [-0.2, -0.15) is 0 Å². The molecule has 2 nitrogen and oxygen atoms in total. The second-order valence-electron chi connectivity index (χ2n) is 4.82. The van der Waals surface area contributed by atoms with Crippen molar-refractivity contribution in [3.8, 4) is 0 Å². The number of hydrogen-bond acceptors (Lipinski definition) is 1. The highest BCUT2D eigenvalue weighted by Crippen LogP contribution is 2.39. The normalized spacial score (nSPS) is 14.8. The zero-order valence-corrected chi connectivity index (χ0v) is 14.4. The fourth-order valence-electron chi connectivity index (χ4n) is 2.36. The van der Waals surface area contributed by atoms with E-state index in [9.17, 15) is 4.79 Å². The maximum Gasteiger partial charge on any atom is 0.228 e. The SMILES string of the molecule is O=C1Cc2cc(C(Cl)c3cc(Cl)cc(Br)c3)c(Cl)cc2N1. The molecule has 0 fully saturated rings. The van der Waals surface area contributed by atoms with Gasteiger partial charge in [-0.15, -0.1) is 11.6 Å². The van der Waals surface area contributed by atoms with Gasteiger partial charge in [0, 0.05) is 20.2 Å². The molecule has 0 bridgehead atoms. The summed E-state index contributed by atoms with van der Waals surface area (Å²) in [6, 6.07) is 9.11. The molecule has 0 spiro atoms. The first kappa shape index (κ1) is 15.2. The number of nitrogens with one attached hydrogen (secondary N) is 1. The van der Waals surface area contributed by atoms with Crippen LogP contribution in [-0.2, 0) is 11.2 Å². The third kappa shape index (κ3) is 3.07. The fourth-order valence-corrected chi connectivity index (χ4v) is 3.88. The van der Waals surface area contributed by atoms with Crippen LogP contribution in [0.2, 0.25) is 10.0 Å². The van der Waals surface area contributed by atoms with Crippen molar-refractivity contribution in [3.63, 3.8) is 0 Å². The third-order valence-corrected chi connectivity index (χ3v) is 4.79. The van der Waals surface area contributed by atoms with Gasteiger partial charge < -0.3 is 5.32 Å². The van der Waals surface area contributed by atoms with Gasteiger partial charge in [-0.05, 0) is 47.0 Å². The number of fused-ring (bicyclic) bond motifs is 1. The Morgan fingerprint density at radius 3 is 2.62 bits per heavy atom. The molecule has 6 heteroatoms. The number of hydrogen-bond donors (Lipinski definition) is 1. The van der Waals surface area contributed by atoms with E-state index in [1.54, 1.807) is 18.2 Å². The summed E-state index contributed by atoms with van der Waals surface area (Å²) >= 11 is 22.3. The minimum atomic E-state index is -0.437. The first-order valence-electron chi connectivity index (χ1n) is 6.16. The van der Waals surface area contributed by atoms with Crippen LogP contribution in [0.25, 0.3) is 0 Å². The lowest BCUT2D eigenvalue weighted by Gasteiger charge is -2.14. The van der Waals surface area contributed by atoms with Crippen molar-refractivity contribution in [2.75, 3.05) is 5.32 Å². The average molecular weight is 406 g/mol. The van der Waals surface area contributed by atoms with E-state index in [0.717, 1.165) is 26.9 Å². The molecule has 0 radical (unpaired) electrons. The van der Waals surface area contributed by atoms with Gasteiger partial charge in [0.1, 0.15) is 0 Å². The first-order chi connectivity index (χ1) is 9.94. The van der Waals surface area contributed by atoms with Crippen molar-refractivity contribution < 1.29 is 4.79 Å². The van der Waals surface area contributed by atoms with Crippen molar-refractivity contribution in [3.05, 3.63) is 61.5 Å². The molecule has 1 heterocycles. The summed E-state index contributed by atoms with van der Waals surface area (Å²) in [6.45, 7) is 0. The summed E-state index contributed by atoms with van der Waals surface area (Å²) in [5.74, 6) is -0.0326. The van der Waals surface area contributed by atoms with Gasteiger partial charge in [0.05, 0.1) is 11.8 Å². The summed E-state index contributed by atoms with van der Waals surface area (Å²) in [5, 5.41) is 3.45. The molecule has 1 aliphatic heterocycles. The summed E-state index contributed by atoms with van der Waals surface area (Å²) in [6.07, 6.45) is 0.350. The number of carbonyl (C=O) groups excluding carboxylic acids is 1.